The Kier molecular flexibility index (Phi) is 3.45. The molecule has 3 aromatic rings. The predicted octanol–water partition coefficient (Wildman–Crippen LogP) is 2.00. The molecule has 0 bridgehead atoms. The molecule has 0 atom stereocenters. The van der Waals surface area contributed by atoms with Crippen LogP contribution in [-0.2, 0) is 17.9 Å². The summed E-state index contributed by atoms with van der Waals surface area (Å²) < 4.78 is 7.01. The zero-order chi connectivity index (χ0) is 13.9. The molecule has 2 heterocycles. The molecule has 0 aliphatic rings. The van der Waals surface area contributed by atoms with Gasteiger partial charge in [0.05, 0.1) is 18.0 Å². The SMILES string of the molecule is COCc1ccc(-c2cn3ccc(CN)nc3n2)cc1. The standard InChI is InChI=1S/C15H16N4O/c1-20-10-11-2-4-12(5-3-11)14-9-19-7-6-13(8-16)17-15(19)18-14/h2-7,9H,8,10,16H2,1H3. The first-order valence-corrected chi connectivity index (χ1v) is 6.43. The fourth-order valence-corrected chi connectivity index (χ4v) is 2.10. The van der Waals surface area contributed by atoms with E-state index in [-0.39, 0.29) is 0 Å². The van der Waals surface area contributed by atoms with Gasteiger partial charge >= 0.3 is 0 Å². The topological polar surface area (TPSA) is 65.4 Å². The van der Waals surface area contributed by atoms with Crippen LogP contribution in [0, 0.1) is 0 Å². The molecule has 5 nitrogen and oxygen atoms in total. The van der Waals surface area contributed by atoms with E-state index in [2.05, 4.69) is 9.97 Å². The molecule has 0 amide bonds. The van der Waals surface area contributed by atoms with Crippen molar-refractivity contribution in [2.24, 2.45) is 5.73 Å². The summed E-state index contributed by atoms with van der Waals surface area (Å²) in [7, 11) is 1.69. The summed E-state index contributed by atoms with van der Waals surface area (Å²) in [5, 5.41) is 0. The molecular formula is C15H16N4O. The fraction of sp³-hybridized carbons (Fsp3) is 0.200. The average molecular weight is 268 g/mol. The maximum atomic E-state index is 5.59. The largest absolute Gasteiger partial charge is 0.380 e. The number of nitrogens with two attached hydrogens (primary N) is 1. The Balaban J connectivity index is 1.96. The normalized spacial score (nSPS) is 11.1. The first kappa shape index (κ1) is 12.8. The number of hydrogen-bond acceptors (Lipinski definition) is 4. The molecule has 0 spiro atoms. The number of benzene rings is 1. The van der Waals surface area contributed by atoms with Gasteiger partial charge in [0.15, 0.2) is 0 Å². The van der Waals surface area contributed by atoms with Gasteiger partial charge in [-0.15, -0.1) is 0 Å². The summed E-state index contributed by atoms with van der Waals surface area (Å²) >= 11 is 0. The van der Waals surface area contributed by atoms with E-state index in [4.69, 9.17) is 10.5 Å². The third-order valence-corrected chi connectivity index (χ3v) is 3.15. The zero-order valence-corrected chi connectivity index (χ0v) is 11.3. The van der Waals surface area contributed by atoms with Crippen molar-refractivity contribution in [2.75, 3.05) is 7.11 Å². The fourth-order valence-electron chi connectivity index (χ4n) is 2.10. The summed E-state index contributed by atoms with van der Waals surface area (Å²) in [5.41, 5.74) is 9.53. The Morgan fingerprint density at radius 3 is 2.65 bits per heavy atom. The van der Waals surface area contributed by atoms with Crippen LogP contribution in [0.25, 0.3) is 17.0 Å². The van der Waals surface area contributed by atoms with E-state index in [1.807, 2.05) is 47.1 Å². The first-order valence-electron chi connectivity index (χ1n) is 6.43. The second kappa shape index (κ2) is 5.40. The molecule has 0 aliphatic heterocycles. The van der Waals surface area contributed by atoms with Crippen molar-refractivity contribution in [1.82, 2.24) is 14.4 Å². The molecule has 1 aromatic carbocycles. The monoisotopic (exact) mass is 268 g/mol. The quantitative estimate of drug-likeness (QED) is 0.786. The lowest BCUT2D eigenvalue weighted by Gasteiger charge is -2.00. The minimum Gasteiger partial charge on any atom is -0.380 e. The maximum Gasteiger partial charge on any atom is 0.234 e. The van der Waals surface area contributed by atoms with Crippen LogP contribution in [0.3, 0.4) is 0 Å². The Labute approximate surface area is 117 Å². The lowest BCUT2D eigenvalue weighted by molar-refractivity contribution is 0.185. The van der Waals surface area contributed by atoms with Gasteiger partial charge in [-0.3, -0.25) is 4.40 Å². The second-order valence-electron chi connectivity index (χ2n) is 4.59. The van der Waals surface area contributed by atoms with Crippen molar-refractivity contribution >= 4 is 5.78 Å². The summed E-state index contributed by atoms with van der Waals surface area (Å²) in [6, 6.07) is 10.1. The Morgan fingerprint density at radius 2 is 1.95 bits per heavy atom. The second-order valence-corrected chi connectivity index (χ2v) is 4.59. The van der Waals surface area contributed by atoms with Crippen LogP contribution >= 0.6 is 0 Å². The number of nitrogens with zero attached hydrogens (tertiary/aromatic N) is 3. The summed E-state index contributed by atoms with van der Waals surface area (Å²) in [6.45, 7) is 1.04. The minimum atomic E-state index is 0.421. The number of ether oxygens (including phenoxy) is 1. The summed E-state index contributed by atoms with van der Waals surface area (Å²) in [6.07, 6.45) is 3.90. The molecule has 2 N–H and O–H groups in total. The van der Waals surface area contributed by atoms with Crippen LogP contribution < -0.4 is 5.73 Å². The van der Waals surface area contributed by atoms with Gasteiger partial charge in [-0.05, 0) is 11.6 Å². The van der Waals surface area contributed by atoms with E-state index in [9.17, 15) is 0 Å². The molecule has 20 heavy (non-hydrogen) atoms. The van der Waals surface area contributed by atoms with Crippen molar-refractivity contribution < 1.29 is 4.74 Å². The molecule has 0 saturated heterocycles. The van der Waals surface area contributed by atoms with Crippen LogP contribution in [0.1, 0.15) is 11.3 Å². The highest BCUT2D eigenvalue weighted by molar-refractivity contribution is 5.61. The van der Waals surface area contributed by atoms with Gasteiger partial charge in [0.1, 0.15) is 0 Å². The lowest BCUT2D eigenvalue weighted by atomic mass is 10.1. The summed E-state index contributed by atoms with van der Waals surface area (Å²) in [5.74, 6) is 0.670. The highest BCUT2D eigenvalue weighted by Gasteiger charge is 2.06. The molecule has 5 heteroatoms. The first-order chi connectivity index (χ1) is 9.80. The van der Waals surface area contributed by atoms with Gasteiger partial charge in [-0.2, -0.15) is 0 Å². The highest BCUT2D eigenvalue weighted by atomic mass is 16.5. The third kappa shape index (κ3) is 2.41. The van der Waals surface area contributed by atoms with Gasteiger partial charge in [0.25, 0.3) is 0 Å². The van der Waals surface area contributed by atoms with Crippen LogP contribution in [0.15, 0.2) is 42.7 Å². The van der Waals surface area contributed by atoms with Crippen LogP contribution in [0.4, 0.5) is 0 Å². The number of rotatable bonds is 4. The van der Waals surface area contributed by atoms with Crippen molar-refractivity contribution in [2.45, 2.75) is 13.2 Å². The van der Waals surface area contributed by atoms with Gasteiger partial charge in [-0.1, -0.05) is 24.3 Å². The maximum absolute atomic E-state index is 5.59. The van der Waals surface area contributed by atoms with Crippen LogP contribution in [-0.4, -0.2) is 21.5 Å². The van der Waals surface area contributed by atoms with E-state index in [1.165, 1.54) is 0 Å². The van der Waals surface area contributed by atoms with E-state index >= 15 is 0 Å². The molecule has 0 radical (unpaired) electrons. The zero-order valence-electron chi connectivity index (χ0n) is 11.3. The molecule has 0 unspecified atom stereocenters. The van der Waals surface area contributed by atoms with Crippen LogP contribution in [0.2, 0.25) is 0 Å². The number of hydrogen-bond donors (Lipinski definition) is 1. The molecule has 0 fully saturated rings. The molecule has 0 aliphatic carbocycles. The Morgan fingerprint density at radius 1 is 1.15 bits per heavy atom. The van der Waals surface area contributed by atoms with Crippen molar-refractivity contribution in [3.8, 4) is 11.3 Å². The third-order valence-electron chi connectivity index (χ3n) is 3.15. The molecule has 102 valence electrons. The summed E-state index contributed by atoms with van der Waals surface area (Å²) in [4.78, 5) is 8.93. The Bertz CT molecular complexity index is 718. The molecule has 0 saturated carbocycles. The average Bonchev–Trinajstić information content (AvgIpc) is 2.91. The van der Waals surface area contributed by atoms with Gasteiger partial charge < -0.3 is 10.5 Å². The number of aromatic nitrogens is 3. The molecular weight excluding hydrogens is 252 g/mol. The molecule has 3 rings (SSSR count). The van der Waals surface area contributed by atoms with Gasteiger partial charge in [0.2, 0.25) is 5.78 Å². The van der Waals surface area contributed by atoms with Gasteiger partial charge in [0, 0.05) is 31.6 Å². The number of imidazole rings is 1. The van der Waals surface area contributed by atoms with Crippen molar-refractivity contribution in [3.63, 3.8) is 0 Å². The van der Waals surface area contributed by atoms with Crippen LogP contribution in [0.5, 0.6) is 0 Å². The van der Waals surface area contributed by atoms with E-state index in [0.29, 0.717) is 18.9 Å². The molecule has 2 aromatic heterocycles. The van der Waals surface area contributed by atoms with Crippen molar-refractivity contribution in [1.29, 1.82) is 0 Å². The Hall–Kier alpha value is -2.24. The number of fused-ring (bicyclic) bond motifs is 1. The predicted molar refractivity (Wildman–Crippen MR) is 77.0 cm³/mol. The van der Waals surface area contributed by atoms with E-state index in [1.54, 1.807) is 7.11 Å². The van der Waals surface area contributed by atoms with Gasteiger partial charge in [-0.25, -0.2) is 9.97 Å². The highest BCUT2D eigenvalue weighted by Crippen LogP contribution is 2.19. The van der Waals surface area contributed by atoms with E-state index in [0.717, 1.165) is 22.5 Å². The lowest BCUT2D eigenvalue weighted by Crippen LogP contribution is -2.00. The smallest absolute Gasteiger partial charge is 0.234 e. The van der Waals surface area contributed by atoms with E-state index < -0.39 is 0 Å². The minimum absolute atomic E-state index is 0.421. The number of methoxy groups -OCH3 is 1. The van der Waals surface area contributed by atoms with Crippen molar-refractivity contribution in [3.05, 3.63) is 54.0 Å².